The van der Waals surface area contributed by atoms with Gasteiger partial charge in [-0.25, -0.2) is 9.48 Å². The molecule has 2 aromatic rings. The Kier molecular flexibility index (Phi) is 4.13. The van der Waals surface area contributed by atoms with Crippen LogP contribution in [0.4, 0.5) is 0 Å². The first-order chi connectivity index (χ1) is 10.2. The summed E-state index contributed by atoms with van der Waals surface area (Å²) in [6.07, 6.45) is 2.66. The van der Waals surface area contributed by atoms with E-state index in [1.54, 1.807) is 24.3 Å². The van der Waals surface area contributed by atoms with E-state index in [9.17, 15) is 4.79 Å². The van der Waals surface area contributed by atoms with Crippen molar-refractivity contribution in [3.05, 3.63) is 53.4 Å². The van der Waals surface area contributed by atoms with Crippen molar-refractivity contribution < 1.29 is 9.53 Å². The van der Waals surface area contributed by atoms with Crippen LogP contribution >= 0.6 is 0 Å². The highest BCUT2D eigenvalue weighted by molar-refractivity contribution is 5.93. The lowest BCUT2D eigenvalue weighted by atomic mass is 10.1. The number of carbonyl (C=O) groups is 1. The van der Waals surface area contributed by atoms with Crippen molar-refractivity contribution in [3.63, 3.8) is 0 Å². The van der Waals surface area contributed by atoms with Crippen molar-refractivity contribution in [1.29, 1.82) is 10.5 Å². The fourth-order valence-electron chi connectivity index (χ4n) is 1.77. The minimum Gasteiger partial charge on any atom is -0.465 e. The van der Waals surface area contributed by atoms with Gasteiger partial charge in [-0.3, -0.25) is 0 Å². The van der Waals surface area contributed by atoms with Gasteiger partial charge in [0.25, 0.3) is 0 Å². The number of nitriles is 2. The summed E-state index contributed by atoms with van der Waals surface area (Å²) in [5.41, 5.74) is 1.09. The van der Waals surface area contributed by atoms with Crippen LogP contribution < -0.4 is 0 Å². The summed E-state index contributed by atoms with van der Waals surface area (Å²) < 4.78 is 6.16. The summed E-state index contributed by atoms with van der Waals surface area (Å²) in [6.45, 7) is 0. The second-order valence-corrected chi connectivity index (χ2v) is 3.96. The highest BCUT2D eigenvalue weighted by atomic mass is 16.5. The maximum atomic E-state index is 11.8. The standard InChI is InChI=1S/C15H10N4O2/c1-21-15(20)13-10-18-19(12-5-3-2-4-6-12)14(13)7-11(8-16)9-17/h2-7,10H,1H3. The lowest BCUT2D eigenvalue weighted by Crippen LogP contribution is -2.05. The van der Waals surface area contributed by atoms with Gasteiger partial charge in [-0.1, -0.05) is 18.2 Å². The van der Waals surface area contributed by atoms with E-state index in [0.29, 0.717) is 11.4 Å². The fourth-order valence-corrected chi connectivity index (χ4v) is 1.77. The van der Waals surface area contributed by atoms with E-state index in [1.807, 2.05) is 18.2 Å². The highest BCUT2D eigenvalue weighted by Gasteiger charge is 2.18. The van der Waals surface area contributed by atoms with Crippen LogP contribution in [-0.4, -0.2) is 22.9 Å². The molecule has 0 N–H and O–H groups in total. The number of para-hydroxylation sites is 1. The Balaban J connectivity index is 2.66. The molecule has 0 aliphatic rings. The molecule has 0 unspecified atom stereocenters. The number of rotatable bonds is 3. The molecule has 0 bridgehead atoms. The average molecular weight is 278 g/mol. The van der Waals surface area contributed by atoms with E-state index in [-0.39, 0.29) is 11.1 Å². The first-order valence-electron chi connectivity index (χ1n) is 5.95. The largest absolute Gasteiger partial charge is 0.465 e. The van der Waals surface area contributed by atoms with E-state index in [2.05, 4.69) is 9.84 Å². The summed E-state index contributed by atoms with van der Waals surface area (Å²) in [7, 11) is 1.26. The third-order valence-electron chi connectivity index (χ3n) is 2.73. The van der Waals surface area contributed by atoms with Gasteiger partial charge in [0.1, 0.15) is 23.3 Å². The molecule has 0 atom stereocenters. The van der Waals surface area contributed by atoms with Crippen LogP contribution in [0.5, 0.6) is 0 Å². The van der Waals surface area contributed by atoms with Gasteiger partial charge in [-0.15, -0.1) is 0 Å². The first-order valence-corrected chi connectivity index (χ1v) is 5.95. The molecule has 21 heavy (non-hydrogen) atoms. The van der Waals surface area contributed by atoms with Gasteiger partial charge < -0.3 is 4.74 Å². The SMILES string of the molecule is COC(=O)c1cnn(-c2ccccc2)c1C=C(C#N)C#N. The Morgan fingerprint density at radius 3 is 2.52 bits per heavy atom. The van der Waals surface area contributed by atoms with Crippen LogP contribution in [0, 0.1) is 22.7 Å². The molecular weight excluding hydrogens is 268 g/mol. The third kappa shape index (κ3) is 2.80. The zero-order chi connectivity index (χ0) is 15.2. The monoisotopic (exact) mass is 278 g/mol. The molecule has 0 saturated carbocycles. The minimum atomic E-state index is -0.585. The number of esters is 1. The summed E-state index contributed by atoms with van der Waals surface area (Å²) in [5.74, 6) is -0.585. The van der Waals surface area contributed by atoms with E-state index >= 15 is 0 Å². The molecule has 102 valence electrons. The van der Waals surface area contributed by atoms with Crippen molar-refractivity contribution >= 4 is 12.0 Å². The number of hydrogen-bond acceptors (Lipinski definition) is 5. The van der Waals surface area contributed by atoms with Gasteiger partial charge >= 0.3 is 5.97 Å². The van der Waals surface area contributed by atoms with Gasteiger partial charge in [0.05, 0.1) is 24.7 Å². The maximum Gasteiger partial charge on any atom is 0.341 e. The number of hydrogen-bond donors (Lipinski definition) is 0. The van der Waals surface area contributed by atoms with Gasteiger partial charge in [-0.2, -0.15) is 15.6 Å². The zero-order valence-corrected chi connectivity index (χ0v) is 11.1. The quantitative estimate of drug-likeness (QED) is 0.633. The second kappa shape index (κ2) is 6.18. The molecular formula is C15H10N4O2. The fraction of sp³-hybridized carbons (Fsp3) is 0.0667. The topological polar surface area (TPSA) is 91.7 Å². The second-order valence-electron chi connectivity index (χ2n) is 3.96. The Labute approximate surface area is 121 Å². The lowest BCUT2D eigenvalue weighted by Gasteiger charge is -2.05. The maximum absolute atomic E-state index is 11.8. The van der Waals surface area contributed by atoms with Gasteiger partial charge in [0, 0.05) is 0 Å². The van der Waals surface area contributed by atoms with Crippen LogP contribution in [0.15, 0.2) is 42.1 Å². The average Bonchev–Trinajstić information content (AvgIpc) is 2.96. The smallest absolute Gasteiger partial charge is 0.341 e. The highest BCUT2D eigenvalue weighted by Crippen LogP contribution is 2.18. The van der Waals surface area contributed by atoms with Crippen molar-refractivity contribution in [2.24, 2.45) is 0 Å². The normalized spacial score (nSPS) is 9.29. The minimum absolute atomic E-state index is 0.127. The summed E-state index contributed by atoms with van der Waals surface area (Å²) in [4.78, 5) is 11.8. The van der Waals surface area contributed by atoms with Crippen LogP contribution in [0.25, 0.3) is 11.8 Å². The van der Waals surface area contributed by atoms with Crippen LogP contribution in [0.3, 0.4) is 0 Å². The molecule has 0 spiro atoms. The number of benzene rings is 1. The Hall–Kier alpha value is -3.38. The number of carbonyl (C=O) groups excluding carboxylic acids is 1. The van der Waals surface area contributed by atoms with E-state index in [0.717, 1.165) is 0 Å². The van der Waals surface area contributed by atoms with Crippen molar-refractivity contribution in [1.82, 2.24) is 9.78 Å². The van der Waals surface area contributed by atoms with Gasteiger partial charge in [-0.05, 0) is 18.2 Å². The van der Waals surface area contributed by atoms with Crippen LogP contribution in [0.2, 0.25) is 0 Å². The van der Waals surface area contributed by atoms with E-state index in [1.165, 1.54) is 24.1 Å². The molecule has 0 fully saturated rings. The molecule has 0 saturated heterocycles. The van der Waals surface area contributed by atoms with Crippen LogP contribution in [-0.2, 0) is 4.74 Å². The molecule has 1 aromatic heterocycles. The van der Waals surface area contributed by atoms with Gasteiger partial charge in [0.15, 0.2) is 0 Å². The van der Waals surface area contributed by atoms with Crippen LogP contribution in [0.1, 0.15) is 16.1 Å². The zero-order valence-electron chi connectivity index (χ0n) is 11.1. The molecule has 1 aromatic carbocycles. The summed E-state index contributed by atoms with van der Waals surface area (Å²) in [6, 6.07) is 12.6. The number of allylic oxidation sites excluding steroid dienone is 1. The molecule has 0 aliphatic heterocycles. The summed E-state index contributed by atoms with van der Waals surface area (Å²) >= 11 is 0. The third-order valence-corrected chi connectivity index (χ3v) is 2.73. The van der Waals surface area contributed by atoms with Crippen molar-refractivity contribution in [2.75, 3.05) is 7.11 Å². The lowest BCUT2D eigenvalue weighted by molar-refractivity contribution is 0.0600. The van der Waals surface area contributed by atoms with Crippen molar-refractivity contribution in [2.45, 2.75) is 0 Å². The number of methoxy groups -OCH3 is 1. The Bertz CT molecular complexity index is 760. The van der Waals surface area contributed by atoms with E-state index in [4.69, 9.17) is 10.5 Å². The Morgan fingerprint density at radius 1 is 1.29 bits per heavy atom. The molecule has 0 amide bonds. The molecule has 0 radical (unpaired) electrons. The number of ether oxygens (including phenoxy) is 1. The number of nitrogens with zero attached hydrogens (tertiary/aromatic N) is 4. The van der Waals surface area contributed by atoms with Gasteiger partial charge in [0.2, 0.25) is 0 Å². The Morgan fingerprint density at radius 2 is 1.95 bits per heavy atom. The molecule has 0 aliphatic carbocycles. The van der Waals surface area contributed by atoms with Crippen molar-refractivity contribution in [3.8, 4) is 17.8 Å². The number of aromatic nitrogens is 2. The molecule has 1 heterocycles. The molecule has 2 rings (SSSR count). The van der Waals surface area contributed by atoms with E-state index < -0.39 is 5.97 Å². The molecule has 6 nitrogen and oxygen atoms in total. The predicted octanol–water partition coefficient (Wildman–Crippen LogP) is 2.09. The molecule has 6 heteroatoms. The predicted molar refractivity (Wildman–Crippen MR) is 74.1 cm³/mol. The first kappa shape index (κ1) is 14.0. The summed E-state index contributed by atoms with van der Waals surface area (Å²) in [5, 5.41) is 21.9.